The SMILES string of the molecule is C=C(c1cccc(F)c1OC)C(C)C. The Kier molecular flexibility index (Phi) is 3.28. The van der Waals surface area contributed by atoms with Crippen LogP contribution >= 0.6 is 0 Å². The van der Waals surface area contributed by atoms with E-state index in [0.29, 0.717) is 0 Å². The van der Waals surface area contributed by atoms with Gasteiger partial charge < -0.3 is 4.74 Å². The van der Waals surface area contributed by atoms with Crippen molar-refractivity contribution in [2.45, 2.75) is 13.8 Å². The maximum atomic E-state index is 13.3. The molecule has 0 radical (unpaired) electrons. The smallest absolute Gasteiger partial charge is 0.165 e. The summed E-state index contributed by atoms with van der Waals surface area (Å²) in [5.74, 6) is 0.226. The van der Waals surface area contributed by atoms with Gasteiger partial charge in [0.25, 0.3) is 0 Å². The largest absolute Gasteiger partial charge is 0.493 e. The van der Waals surface area contributed by atoms with Crippen LogP contribution in [0.15, 0.2) is 24.8 Å². The van der Waals surface area contributed by atoms with Crippen molar-refractivity contribution in [1.82, 2.24) is 0 Å². The van der Waals surface area contributed by atoms with E-state index in [0.717, 1.165) is 11.1 Å². The van der Waals surface area contributed by atoms with Crippen LogP contribution in [0.1, 0.15) is 19.4 Å². The molecule has 1 aromatic rings. The molecule has 76 valence electrons. The molecule has 0 aliphatic heterocycles. The minimum atomic E-state index is -0.341. The summed E-state index contributed by atoms with van der Waals surface area (Å²) in [6.07, 6.45) is 0. The van der Waals surface area contributed by atoms with Gasteiger partial charge in [-0.2, -0.15) is 0 Å². The highest BCUT2D eigenvalue weighted by molar-refractivity contribution is 5.70. The van der Waals surface area contributed by atoms with E-state index in [1.807, 2.05) is 19.9 Å². The van der Waals surface area contributed by atoms with Gasteiger partial charge in [-0.15, -0.1) is 0 Å². The Labute approximate surface area is 84.2 Å². The molecular formula is C12H15FO. The van der Waals surface area contributed by atoms with Gasteiger partial charge in [-0.05, 0) is 17.6 Å². The molecule has 0 saturated carbocycles. The summed E-state index contributed by atoms with van der Waals surface area (Å²) in [6, 6.07) is 4.88. The van der Waals surface area contributed by atoms with Gasteiger partial charge in [0.1, 0.15) is 0 Å². The van der Waals surface area contributed by atoms with Gasteiger partial charge in [0.15, 0.2) is 11.6 Å². The van der Waals surface area contributed by atoms with Crippen LogP contribution in [0.25, 0.3) is 5.57 Å². The third-order valence-corrected chi connectivity index (χ3v) is 2.21. The van der Waals surface area contributed by atoms with Crippen molar-refractivity contribution in [3.05, 3.63) is 36.2 Å². The summed E-state index contributed by atoms with van der Waals surface area (Å²) in [7, 11) is 1.47. The van der Waals surface area contributed by atoms with Crippen molar-refractivity contribution in [2.75, 3.05) is 7.11 Å². The van der Waals surface area contributed by atoms with Crippen LogP contribution in [0.2, 0.25) is 0 Å². The Morgan fingerprint density at radius 3 is 2.57 bits per heavy atom. The lowest BCUT2D eigenvalue weighted by Crippen LogP contribution is -1.98. The fourth-order valence-corrected chi connectivity index (χ4v) is 1.28. The zero-order valence-electron chi connectivity index (χ0n) is 8.80. The zero-order chi connectivity index (χ0) is 10.7. The molecule has 14 heavy (non-hydrogen) atoms. The molecule has 0 N–H and O–H groups in total. The third-order valence-electron chi connectivity index (χ3n) is 2.21. The van der Waals surface area contributed by atoms with E-state index in [4.69, 9.17) is 4.74 Å². The van der Waals surface area contributed by atoms with Crippen molar-refractivity contribution in [2.24, 2.45) is 5.92 Å². The van der Waals surface area contributed by atoms with Crippen LogP contribution in [0.3, 0.4) is 0 Å². The van der Waals surface area contributed by atoms with Crippen LogP contribution in [-0.2, 0) is 0 Å². The van der Waals surface area contributed by atoms with E-state index in [1.165, 1.54) is 13.2 Å². The van der Waals surface area contributed by atoms with Gasteiger partial charge in [-0.3, -0.25) is 0 Å². The van der Waals surface area contributed by atoms with Crippen LogP contribution in [-0.4, -0.2) is 7.11 Å². The van der Waals surface area contributed by atoms with Gasteiger partial charge in [0.05, 0.1) is 7.11 Å². The molecule has 0 bridgehead atoms. The molecule has 0 unspecified atom stereocenters. The Balaban J connectivity index is 3.20. The lowest BCUT2D eigenvalue weighted by molar-refractivity contribution is 0.385. The lowest BCUT2D eigenvalue weighted by Gasteiger charge is -2.14. The van der Waals surface area contributed by atoms with Crippen LogP contribution in [0.4, 0.5) is 4.39 Å². The number of rotatable bonds is 3. The molecule has 1 aromatic carbocycles. The van der Waals surface area contributed by atoms with Gasteiger partial charge in [0, 0.05) is 5.56 Å². The van der Waals surface area contributed by atoms with Gasteiger partial charge in [-0.1, -0.05) is 32.6 Å². The number of allylic oxidation sites excluding steroid dienone is 1. The molecule has 2 heteroatoms. The predicted octanol–water partition coefficient (Wildman–Crippen LogP) is 3.50. The first-order valence-corrected chi connectivity index (χ1v) is 4.59. The van der Waals surface area contributed by atoms with Crippen LogP contribution in [0.5, 0.6) is 5.75 Å². The van der Waals surface area contributed by atoms with Gasteiger partial charge in [0.2, 0.25) is 0 Å². The van der Waals surface area contributed by atoms with Crippen molar-refractivity contribution >= 4 is 5.57 Å². The summed E-state index contributed by atoms with van der Waals surface area (Å²) >= 11 is 0. The Morgan fingerprint density at radius 1 is 1.43 bits per heavy atom. The summed E-state index contributed by atoms with van der Waals surface area (Å²) in [6.45, 7) is 7.97. The number of methoxy groups -OCH3 is 1. The monoisotopic (exact) mass is 194 g/mol. The highest BCUT2D eigenvalue weighted by Crippen LogP contribution is 2.31. The Morgan fingerprint density at radius 2 is 2.07 bits per heavy atom. The van der Waals surface area contributed by atoms with Crippen molar-refractivity contribution in [3.8, 4) is 5.75 Å². The van der Waals surface area contributed by atoms with E-state index < -0.39 is 0 Å². The highest BCUT2D eigenvalue weighted by atomic mass is 19.1. The molecule has 0 spiro atoms. The summed E-state index contributed by atoms with van der Waals surface area (Å²) in [5, 5.41) is 0. The summed E-state index contributed by atoms with van der Waals surface area (Å²) in [5.41, 5.74) is 1.64. The minimum Gasteiger partial charge on any atom is -0.493 e. The molecule has 0 fully saturated rings. The molecular weight excluding hydrogens is 179 g/mol. The normalized spacial score (nSPS) is 10.4. The molecule has 0 aromatic heterocycles. The fourth-order valence-electron chi connectivity index (χ4n) is 1.28. The maximum Gasteiger partial charge on any atom is 0.165 e. The Hall–Kier alpha value is -1.31. The Bertz CT molecular complexity index is 342. The number of hydrogen-bond donors (Lipinski definition) is 0. The number of benzene rings is 1. The average molecular weight is 194 g/mol. The van der Waals surface area contributed by atoms with Gasteiger partial charge >= 0.3 is 0 Å². The van der Waals surface area contributed by atoms with Crippen LogP contribution in [0, 0.1) is 11.7 Å². The number of halogens is 1. The minimum absolute atomic E-state index is 0.283. The second kappa shape index (κ2) is 4.27. The van der Waals surface area contributed by atoms with E-state index in [9.17, 15) is 4.39 Å². The van der Waals surface area contributed by atoms with E-state index in [-0.39, 0.29) is 17.5 Å². The standard InChI is InChI=1S/C12H15FO/c1-8(2)9(3)10-6-5-7-11(13)12(10)14-4/h5-8H,3H2,1-2,4H3. The molecule has 0 amide bonds. The van der Waals surface area contributed by atoms with Crippen molar-refractivity contribution in [3.63, 3.8) is 0 Å². The number of ether oxygens (including phenoxy) is 1. The second-order valence-corrected chi connectivity index (χ2v) is 3.50. The highest BCUT2D eigenvalue weighted by Gasteiger charge is 2.12. The number of hydrogen-bond acceptors (Lipinski definition) is 1. The fraction of sp³-hybridized carbons (Fsp3) is 0.333. The first-order chi connectivity index (χ1) is 6.57. The van der Waals surface area contributed by atoms with Crippen molar-refractivity contribution < 1.29 is 9.13 Å². The molecule has 1 nitrogen and oxygen atoms in total. The molecule has 1 rings (SSSR count). The van der Waals surface area contributed by atoms with E-state index >= 15 is 0 Å². The zero-order valence-corrected chi connectivity index (χ0v) is 8.80. The lowest BCUT2D eigenvalue weighted by atomic mass is 9.96. The quantitative estimate of drug-likeness (QED) is 0.715. The first kappa shape index (κ1) is 10.8. The molecule has 0 saturated heterocycles. The molecule has 0 aliphatic carbocycles. The van der Waals surface area contributed by atoms with Crippen molar-refractivity contribution in [1.29, 1.82) is 0 Å². The molecule has 0 aliphatic rings. The molecule has 0 heterocycles. The third kappa shape index (κ3) is 1.95. The summed E-state index contributed by atoms with van der Waals surface area (Å²) in [4.78, 5) is 0. The molecule has 0 atom stereocenters. The maximum absolute atomic E-state index is 13.3. The average Bonchev–Trinajstić information content (AvgIpc) is 2.16. The second-order valence-electron chi connectivity index (χ2n) is 3.50. The number of para-hydroxylation sites is 1. The van der Waals surface area contributed by atoms with E-state index in [2.05, 4.69) is 6.58 Å². The van der Waals surface area contributed by atoms with E-state index in [1.54, 1.807) is 6.07 Å². The van der Waals surface area contributed by atoms with Gasteiger partial charge in [-0.25, -0.2) is 4.39 Å². The topological polar surface area (TPSA) is 9.23 Å². The predicted molar refractivity (Wildman–Crippen MR) is 56.8 cm³/mol. The van der Waals surface area contributed by atoms with Crippen LogP contribution < -0.4 is 4.74 Å². The first-order valence-electron chi connectivity index (χ1n) is 4.59. The summed E-state index contributed by atoms with van der Waals surface area (Å²) < 4.78 is 18.3.